The first-order valence-corrected chi connectivity index (χ1v) is 6.90. The summed E-state index contributed by atoms with van der Waals surface area (Å²) in [5.74, 6) is -1.51. The van der Waals surface area contributed by atoms with Gasteiger partial charge in [0.25, 0.3) is 0 Å². The third-order valence-electron chi connectivity index (χ3n) is 3.80. The van der Waals surface area contributed by atoms with Crippen molar-refractivity contribution in [3.8, 4) is 0 Å². The molecule has 0 aliphatic heterocycles. The van der Waals surface area contributed by atoms with Crippen LogP contribution in [0.25, 0.3) is 0 Å². The van der Waals surface area contributed by atoms with Gasteiger partial charge in [-0.25, -0.2) is 4.79 Å². The molecule has 4 N–H and O–H groups in total. The maximum Gasteiger partial charge on any atom is 0.326 e. The molecule has 1 aliphatic carbocycles. The number of nitrogens with two attached hydrogens (primary N) is 1. The summed E-state index contributed by atoms with van der Waals surface area (Å²) in [6.45, 7) is 0. The number of carboxylic acids is 1. The molecular weight excluding hydrogens is 256 g/mol. The van der Waals surface area contributed by atoms with E-state index in [1.807, 2.05) is 30.3 Å². The highest BCUT2D eigenvalue weighted by molar-refractivity contribution is 5.85. The molecule has 5 heteroatoms. The molecule has 0 unspecified atom stereocenters. The summed E-state index contributed by atoms with van der Waals surface area (Å²) in [6.07, 6.45) is 2.78. The Morgan fingerprint density at radius 2 is 2.00 bits per heavy atom. The maximum atomic E-state index is 12.1. The van der Waals surface area contributed by atoms with Gasteiger partial charge in [0.05, 0.1) is 5.92 Å². The van der Waals surface area contributed by atoms with E-state index in [0.717, 1.165) is 24.8 Å². The first kappa shape index (κ1) is 14.5. The third-order valence-corrected chi connectivity index (χ3v) is 3.80. The molecule has 5 nitrogen and oxygen atoms in total. The molecular formula is C15H20N2O3. The highest BCUT2D eigenvalue weighted by Gasteiger charge is 2.32. The lowest BCUT2D eigenvalue weighted by Gasteiger charge is -2.19. The number of carbonyl (C=O) groups is 2. The molecule has 2 rings (SSSR count). The Morgan fingerprint density at radius 3 is 2.55 bits per heavy atom. The molecule has 20 heavy (non-hydrogen) atoms. The van der Waals surface area contributed by atoms with Crippen LogP contribution in [-0.2, 0) is 16.0 Å². The average molecular weight is 276 g/mol. The molecule has 0 spiro atoms. The second kappa shape index (κ2) is 6.52. The molecule has 1 amide bonds. The van der Waals surface area contributed by atoms with Crippen molar-refractivity contribution in [3.63, 3.8) is 0 Å². The SMILES string of the molecule is N[C@H]1CCC[C@H]1C(=O)N[C@@H](Cc1ccccc1)C(=O)O. The Kier molecular flexibility index (Phi) is 4.74. The fourth-order valence-electron chi connectivity index (χ4n) is 2.64. The summed E-state index contributed by atoms with van der Waals surface area (Å²) in [5, 5.41) is 11.9. The van der Waals surface area contributed by atoms with E-state index in [0.29, 0.717) is 0 Å². The van der Waals surface area contributed by atoms with Gasteiger partial charge in [-0.05, 0) is 18.4 Å². The molecule has 0 heterocycles. The van der Waals surface area contributed by atoms with Crippen LogP contribution in [0.5, 0.6) is 0 Å². The molecule has 1 saturated carbocycles. The minimum Gasteiger partial charge on any atom is -0.480 e. The van der Waals surface area contributed by atoms with E-state index in [2.05, 4.69) is 5.32 Å². The summed E-state index contributed by atoms with van der Waals surface area (Å²) in [6, 6.07) is 8.22. The molecule has 3 atom stereocenters. The van der Waals surface area contributed by atoms with Gasteiger partial charge in [0, 0.05) is 12.5 Å². The molecule has 1 fully saturated rings. The number of rotatable bonds is 5. The molecule has 0 radical (unpaired) electrons. The Hall–Kier alpha value is -1.88. The second-order valence-corrected chi connectivity index (χ2v) is 5.29. The van der Waals surface area contributed by atoms with E-state index in [4.69, 9.17) is 5.73 Å². The first-order chi connectivity index (χ1) is 9.58. The Bertz CT molecular complexity index is 475. The lowest BCUT2D eigenvalue weighted by atomic mass is 10.0. The molecule has 1 aliphatic rings. The Labute approximate surface area is 118 Å². The predicted octanol–water partition coefficient (Wildman–Crippen LogP) is 0.926. The Balaban J connectivity index is 1.99. The quantitative estimate of drug-likeness (QED) is 0.746. The number of benzene rings is 1. The van der Waals surface area contributed by atoms with Gasteiger partial charge >= 0.3 is 5.97 Å². The standard InChI is InChI=1S/C15H20N2O3/c16-12-8-4-7-11(12)14(18)17-13(15(19)20)9-10-5-2-1-3-6-10/h1-3,5-6,11-13H,4,7-9,16H2,(H,17,18)(H,19,20)/t11-,12+,13+/m1/s1. The molecule has 1 aromatic carbocycles. The minimum absolute atomic E-state index is 0.152. The maximum absolute atomic E-state index is 12.1. The zero-order chi connectivity index (χ0) is 14.5. The number of nitrogens with one attached hydrogen (secondary N) is 1. The van der Waals surface area contributed by atoms with E-state index < -0.39 is 12.0 Å². The average Bonchev–Trinajstić information content (AvgIpc) is 2.85. The lowest BCUT2D eigenvalue weighted by molar-refractivity contribution is -0.142. The summed E-state index contributed by atoms with van der Waals surface area (Å²) in [7, 11) is 0. The number of amides is 1. The Morgan fingerprint density at radius 1 is 1.30 bits per heavy atom. The largest absolute Gasteiger partial charge is 0.480 e. The van der Waals surface area contributed by atoms with Gasteiger partial charge in [-0.15, -0.1) is 0 Å². The first-order valence-electron chi connectivity index (χ1n) is 6.90. The van der Waals surface area contributed by atoms with Crippen molar-refractivity contribution < 1.29 is 14.7 Å². The lowest BCUT2D eigenvalue weighted by Crippen LogP contribution is -2.47. The van der Waals surface area contributed by atoms with Crippen LogP contribution < -0.4 is 11.1 Å². The van der Waals surface area contributed by atoms with Gasteiger partial charge < -0.3 is 16.2 Å². The van der Waals surface area contributed by atoms with Crippen LogP contribution in [0.15, 0.2) is 30.3 Å². The van der Waals surface area contributed by atoms with Crippen LogP contribution in [0.4, 0.5) is 0 Å². The molecule has 1 aromatic rings. The van der Waals surface area contributed by atoms with Crippen molar-refractivity contribution in [1.29, 1.82) is 0 Å². The monoisotopic (exact) mass is 276 g/mol. The van der Waals surface area contributed by atoms with Crippen LogP contribution in [0.2, 0.25) is 0 Å². The van der Waals surface area contributed by atoms with Gasteiger partial charge in [0.15, 0.2) is 0 Å². The highest BCUT2D eigenvalue weighted by Crippen LogP contribution is 2.24. The minimum atomic E-state index is -1.02. The van der Waals surface area contributed by atoms with Crippen molar-refractivity contribution >= 4 is 11.9 Å². The summed E-state index contributed by atoms with van der Waals surface area (Å²) in [4.78, 5) is 23.4. The smallest absolute Gasteiger partial charge is 0.326 e. The van der Waals surface area contributed by atoms with E-state index in [9.17, 15) is 14.7 Å². The number of aliphatic carboxylic acids is 1. The van der Waals surface area contributed by atoms with Gasteiger partial charge in [0.1, 0.15) is 6.04 Å². The van der Waals surface area contributed by atoms with Crippen molar-refractivity contribution in [3.05, 3.63) is 35.9 Å². The van der Waals surface area contributed by atoms with E-state index in [1.54, 1.807) is 0 Å². The van der Waals surface area contributed by atoms with Crippen LogP contribution in [0.3, 0.4) is 0 Å². The summed E-state index contributed by atoms with van der Waals surface area (Å²) >= 11 is 0. The molecule has 0 saturated heterocycles. The molecule has 0 aromatic heterocycles. The molecule has 0 bridgehead atoms. The zero-order valence-corrected chi connectivity index (χ0v) is 11.3. The zero-order valence-electron chi connectivity index (χ0n) is 11.3. The van der Waals surface area contributed by atoms with Crippen LogP contribution in [-0.4, -0.2) is 29.1 Å². The fourth-order valence-corrected chi connectivity index (χ4v) is 2.64. The van der Waals surface area contributed by atoms with Gasteiger partial charge in [-0.1, -0.05) is 36.8 Å². The van der Waals surface area contributed by atoms with Gasteiger partial charge in [-0.3, -0.25) is 4.79 Å². The number of carboxylic acid groups (broad SMARTS) is 1. The van der Waals surface area contributed by atoms with Crippen molar-refractivity contribution in [2.75, 3.05) is 0 Å². The number of carbonyl (C=O) groups excluding carboxylic acids is 1. The van der Waals surface area contributed by atoms with Gasteiger partial charge in [0.2, 0.25) is 5.91 Å². The highest BCUT2D eigenvalue weighted by atomic mass is 16.4. The number of hydrogen-bond acceptors (Lipinski definition) is 3. The second-order valence-electron chi connectivity index (χ2n) is 5.29. The van der Waals surface area contributed by atoms with E-state index in [1.165, 1.54) is 0 Å². The van der Waals surface area contributed by atoms with Gasteiger partial charge in [-0.2, -0.15) is 0 Å². The van der Waals surface area contributed by atoms with Crippen molar-refractivity contribution in [2.45, 2.75) is 37.8 Å². The van der Waals surface area contributed by atoms with Crippen molar-refractivity contribution in [1.82, 2.24) is 5.32 Å². The van der Waals surface area contributed by atoms with Crippen LogP contribution in [0, 0.1) is 5.92 Å². The normalized spacial score (nSPS) is 23.2. The summed E-state index contributed by atoms with van der Waals surface area (Å²) < 4.78 is 0. The topological polar surface area (TPSA) is 92.4 Å². The van der Waals surface area contributed by atoms with Crippen LogP contribution >= 0.6 is 0 Å². The van der Waals surface area contributed by atoms with Crippen molar-refractivity contribution in [2.24, 2.45) is 11.7 Å². The molecule has 108 valence electrons. The van der Waals surface area contributed by atoms with E-state index in [-0.39, 0.29) is 24.3 Å². The number of hydrogen-bond donors (Lipinski definition) is 3. The predicted molar refractivity (Wildman–Crippen MR) is 75.0 cm³/mol. The third kappa shape index (κ3) is 3.57. The van der Waals surface area contributed by atoms with E-state index >= 15 is 0 Å². The van der Waals surface area contributed by atoms with Crippen LogP contribution in [0.1, 0.15) is 24.8 Å². The summed E-state index contributed by atoms with van der Waals surface area (Å²) in [5.41, 5.74) is 6.76. The fraction of sp³-hybridized carbons (Fsp3) is 0.467.